The molecule has 0 unspecified atom stereocenters. The van der Waals surface area contributed by atoms with E-state index in [0.29, 0.717) is 6.04 Å². The summed E-state index contributed by atoms with van der Waals surface area (Å²) in [6, 6.07) is 8.43. The van der Waals surface area contributed by atoms with Crippen LogP contribution in [-0.4, -0.2) is 39.2 Å². The van der Waals surface area contributed by atoms with Crippen LogP contribution in [-0.2, 0) is 17.8 Å². The van der Waals surface area contributed by atoms with Gasteiger partial charge in [-0.3, -0.25) is 4.79 Å². The quantitative estimate of drug-likeness (QED) is 0.874. The van der Waals surface area contributed by atoms with Crippen LogP contribution in [0.5, 0.6) is 0 Å². The standard InChI is InChI=1S/C15H20N6O/c1-11(22)16-13-5-3-12(4-6-13)9-10-21-15(17-18-19-21)20(2)14-7-8-14/h3-6,14H,7-10H2,1-2H3,(H,16,22). The summed E-state index contributed by atoms with van der Waals surface area (Å²) in [6.45, 7) is 2.24. The van der Waals surface area contributed by atoms with Gasteiger partial charge in [-0.2, -0.15) is 0 Å². The number of aromatic nitrogens is 4. The van der Waals surface area contributed by atoms with E-state index in [1.165, 1.54) is 25.3 Å². The van der Waals surface area contributed by atoms with Crippen molar-refractivity contribution in [1.29, 1.82) is 0 Å². The Morgan fingerprint density at radius 3 is 2.73 bits per heavy atom. The second kappa shape index (κ2) is 6.13. The van der Waals surface area contributed by atoms with Crippen molar-refractivity contribution in [2.24, 2.45) is 0 Å². The summed E-state index contributed by atoms with van der Waals surface area (Å²) in [4.78, 5) is 13.2. The molecule has 0 radical (unpaired) electrons. The van der Waals surface area contributed by atoms with E-state index in [0.717, 1.165) is 24.6 Å². The number of aryl methyl sites for hydroxylation is 2. The number of tetrazole rings is 1. The summed E-state index contributed by atoms with van der Waals surface area (Å²) in [5.41, 5.74) is 2.00. The number of nitrogens with zero attached hydrogens (tertiary/aromatic N) is 5. The van der Waals surface area contributed by atoms with Gasteiger partial charge >= 0.3 is 0 Å². The minimum atomic E-state index is -0.0609. The largest absolute Gasteiger partial charge is 0.340 e. The highest BCUT2D eigenvalue weighted by Gasteiger charge is 2.29. The zero-order valence-electron chi connectivity index (χ0n) is 12.9. The fraction of sp³-hybridized carbons (Fsp3) is 0.467. The maximum absolute atomic E-state index is 11.0. The molecule has 0 atom stereocenters. The summed E-state index contributed by atoms with van der Waals surface area (Å²) in [6.07, 6.45) is 3.28. The Morgan fingerprint density at radius 1 is 1.36 bits per heavy atom. The molecule has 0 saturated heterocycles. The van der Waals surface area contributed by atoms with Crippen molar-refractivity contribution in [2.75, 3.05) is 17.3 Å². The van der Waals surface area contributed by atoms with Crippen LogP contribution in [0.4, 0.5) is 11.6 Å². The molecule has 2 aromatic rings. The molecule has 0 aliphatic heterocycles. The van der Waals surface area contributed by atoms with E-state index in [4.69, 9.17) is 0 Å². The maximum Gasteiger partial charge on any atom is 0.245 e. The van der Waals surface area contributed by atoms with E-state index in [1.807, 2.05) is 36.0 Å². The molecule has 116 valence electrons. The van der Waals surface area contributed by atoms with Crippen LogP contribution in [0.2, 0.25) is 0 Å². The van der Waals surface area contributed by atoms with Gasteiger partial charge < -0.3 is 10.2 Å². The van der Waals surface area contributed by atoms with Gasteiger partial charge in [-0.05, 0) is 47.4 Å². The van der Waals surface area contributed by atoms with Crippen LogP contribution in [0.25, 0.3) is 0 Å². The van der Waals surface area contributed by atoms with Crippen molar-refractivity contribution in [3.05, 3.63) is 29.8 Å². The lowest BCUT2D eigenvalue weighted by atomic mass is 10.1. The number of carbonyl (C=O) groups is 1. The number of amides is 1. The Bertz CT molecular complexity index is 646. The van der Waals surface area contributed by atoms with E-state index in [9.17, 15) is 4.79 Å². The van der Waals surface area contributed by atoms with Crippen molar-refractivity contribution in [1.82, 2.24) is 20.2 Å². The van der Waals surface area contributed by atoms with Gasteiger partial charge in [-0.15, -0.1) is 0 Å². The van der Waals surface area contributed by atoms with Gasteiger partial charge in [0.15, 0.2) is 0 Å². The normalized spacial score (nSPS) is 13.9. The van der Waals surface area contributed by atoms with Crippen molar-refractivity contribution >= 4 is 17.5 Å². The van der Waals surface area contributed by atoms with Crippen molar-refractivity contribution in [3.8, 4) is 0 Å². The van der Waals surface area contributed by atoms with Gasteiger partial charge in [0, 0.05) is 25.7 Å². The molecule has 1 aromatic carbocycles. The zero-order valence-corrected chi connectivity index (χ0v) is 12.9. The summed E-state index contributed by atoms with van der Waals surface area (Å²) in [7, 11) is 2.04. The molecule has 0 spiro atoms. The topological polar surface area (TPSA) is 75.9 Å². The molecular formula is C15H20N6O. The fourth-order valence-electron chi connectivity index (χ4n) is 2.42. The smallest absolute Gasteiger partial charge is 0.245 e. The number of carbonyl (C=O) groups excluding carboxylic acids is 1. The first-order chi connectivity index (χ1) is 10.6. The first-order valence-electron chi connectivity index (χ1n) is 7.49. The molecule has 1 aliphatic carbocycles. The predicted octanol–water partition coefficient (Wildman–Crippen LogP) is 1.47. The lowest BCUT2D eigenvalue weighted by Gasteiger charge is -2.16. The molecule has 0 bridgehead atoms. The molecule has 1 amide bonds. The summed E-state index contributed by atoms with van der Waals surface area (Å²) in [5.74, 6) is 0.770. The molecule has 7 heteroatoms. The van der Waals surface area contributed by atoms with E-state index in [1.54, 1.807) is 0 Å². The zero-order chi connectivity index (χ0) is 15.5. The first kappa shape index (κ1) is 14.5. The van der Waals surface area contributed by atoms with Crippen LogP contribution >= 0.6 is 0 Å². The molecule has 1 N–H and O–H groups in total. The lowest BCUT2D eigenvalue weighted by Crippen LogP contribution is -2.24. The van der Waals surface area contributed by atoms with Crippen LogP contribution in [0.1, 0.15) is 25.3 Å². The Hall–Kier alpha value is -2.44. The Morgan fingerprint density at radius 2 is 2.09 bits per heavy atom. The van der Waals surface area contributed by atoms with Gasteiger partial charge in [-0.25, -0.2) is 4.68 Å². The van der Waals surface area contributed by atoms with Gasteiger partial charge in [0.2, 0.25) is 11.9 Å². The highest BCUT2D eigenvalue weighted by atomic mass is 16.1. The van der Waals surface area contributed by atoms with Crippen LogP contribution in [0, 0.1) is 0 Å². The van der Waals surface area contributed by atoms with Crippen molar-refractivity contribution < 1.29 is 4.79 Å². The Balaban J connectivity index is 1.60. The summed E-state index contributed by atoms with van der Waals surface area (Å²) in [5, 5.41) is 14.7. The van der Waals surface area contributed by atoms with Crippen LogP contribution in [0.15, 0.2) is 24.3 Å². The minimum absolute atomic E-state index is 0.0609. The monoisotopic (exact) mass is 300 g/mol. The van der Waals surface area contributed by atoms with Gasteiger partial charge in [0.1, 0.15) is 0 Å². The third kappa shape index (κ3) is 3.41. The minimum Gasteiger partial charge on any atom is -0.340 e. The number of benzene rings is 1. The average Bonchev–Trinajstić information content (AvgIpc) is 3.24. The molecule has 1 heterocycles. The SMILES string of the molecule is CC(=O)Nc1ccc(CCn2nnnc2N(C)C2CC2)cc1. The highest BCUT2D eigenvalue weighted by Crippen LogP contribution is 2.28. The highest BCUT2D eigenvalue weighted by molar-refractivity contribution is 5.88. The number of hydrogen-bond donors (Lipinski definition) is 1. The number of nitrogens with one attached hydrogen (secondary N) is 1. The molecule has 1 fully saturated rings. The average molecular weight is 300 g/mol. The van der Waals surface area contributed by atoms with E-state index in [2.05, 4.69) is 25.7 Å². The molecule has 22 heavy (non-hydrogen) atoms. The predicted molar refractivity (Wildman–Crippen MR) is 83.7 cm³/mol. The van der Waals surface area contributed by atoms with E-state index in [-0.39, 0.29) is 5.91 Å². The Labute approximate surface area is 129 Å². The maximum atomic E-state index is 11.0. The Kier molecular flexibility index (Phi) is 4.04. The third-order valence-corrected chi connectivity index (χ3v) is 3.81. The molecule has 1 saturated carbocycles. The molecule has 3 rings (SSSR count). The summed E-state index contributed by atoms with van der Waals surface area (Å²) < 4.78 is 1.85. The van der Waals surface area contributed by atoms with Crippen molar-refractivity contribution in [3.63, 3.8) is 0 Å². The number of anilines is 2. The fourth-order valence-corrected chi connectivity index (χ4v) is 2.42. The first-order valence-corrected chi connectivity index (χ1v) is 7.49. The molecule has 7 nitrogen and oxygen atoms in total. The van der Waals surface area contributed by atoms with E-state index >= 15 is 0 Å². The van der Waals surface area contributed by atoms with Gasteiger partial charge in [0.25, 0.3) is 0 Å². The molecular weight excluding hydrogens is 280 g/mol. The molecule has 1 aromatic heterocycles. The van der Waals surface area contributed by atoms with Gasteiger partial charge in [0.05, 0.1) is 6.54 Å². The third-order valence-electron chi connectivity index (χ3n) is 3.81. The second-order valence-corrected chi connectivity index (χ2v) is 5.67. The lowest BCUT2D eigenvalue weighted by molar-refractivity contribution is -0.114. The van der Waals surface area contributed by atoms with E-state index < -0.39 is 0 Å². The second-order valence-electron chi connectivity index (χ2n) is 5.67. The summed E-state index contributed by atoms with van der Waals surface area (Å²) >= 11 is 0. The molecule has 1 aliphatic rings. The van der Waals surface area contributed by atoms with Gasteiger partial charge in [-0.1, -0.05) is 17.2 Å². The number of hydrogen-bond acceptors (Lipinski definition) is 5. The van der Waals surface area contributed by atoms with Crippen LogP contribution < -0.4 is 10.2 Å². The van der Waals surface area contributed by atoms with Crippen molar-refractivity contribution in [2.45, 2.75) is 38.8 Å². The van der Waals surface area contributed by atoms with Crippen LogP contribution in [0.3, 0.4) is 0 Å². The number of rotatable bonds is 6.